The summed E-state index contributed by atoms with van der Waals surface area (Å²) in [6.07, 6.45) is 0.311. The third kappa shape index (κ3) is 5.50. The van der Waals surface area contributed by atoms with Gasteiger partial charge < -0.3 is 15.4 Å². The van der Waals surface area contributed by atoms with Gasteiger partial charge in [0.2, 0.25) is 5.91 Å². The van der Waals surface area contributed by atoms with Crippen molar-refractivity contribution in [1.82, 2.24) is 0 Å². The molecule has 0 saturated heterocycles. The van der Waals surface area contributed by atoms with Gasteiger partial charge in [-0.1, -0.05) is 17.7 Å². The van der Waals surface area contributed by atoms with Crippen LogP contribution in [0.4, 0.5) is 11.4 Å². The van der Waals surface area contributed by atoms with Gasteiger partial charge in [0.05, 0.1) is 12.2 Å². The van der Waals surface area contributed by atoms with Gasteiger partial charge in [0, 0.05) is 29.4 Å². The van der Waals surface area contributed by atoms with Crippen LogP contribution in [0.25, 0.3) is 0 Å². The quantitative estimate of drug-likeness (QED) is 0.724. The van der Waals surface area contributed by atoms with Gasteiger partial charge in [-0.05, 0) is 55.8 Å². The van der Waals surface area contributed by atoms with Crippen molar-refractivity contribution < 1.29 is 14.3 Å². The van der Waals surface area contributed by atoms with E-state index < -0.39 is 0 Å². The summed E-state index contributed by atoms with van der Waals surface area (Å²) in [5.74, 6) is -0.488. The molecule has 0 fully saturated rings. The number of carbonyl (C=O) groups excluding carboxylic acids is 2. The van der Waals surface area contributed by atoms with Crippen molar-refractivity contribution in [3.63, 3.8) is 0 Å². The fraction of sp³-hybridized carbons (Fsp3) is 0.263. The van der Waals surface area contributed by atoms with Gasteiger partial charge in [-0.2, -0.15) is 0 Å². The van der Waals surface area contributed by atoms with Gasteiger partial charge in [-0.25, -0.2) is 4.79 Å². The summed E-state index contributed by atoms with van der Waals surface area (Å²) < 4.78 is 4.92. The number of rotatable bonds is 7. The zero-order chi connectivity index (χ0) is 18.2. The van der Waals surface area contributed by atoms with Crippen LogP contribution in [0.1, 0.15) is 29.3 Å². The van der Waals surface area contributed by atoms with Gasteiger partial charge in [0.25, 0.3) is 0 Å². The van der Waals surface area contributed by atoms with Crippen LogP contribution in [0.2, 0.25) is 5.02 Å². The molecule has 0 atom stereocenters. The lowest BCUT2D eigenvalue weighted by Gasteiger charge is -2.11. The lowest BCUT2D eigenvalue weighted by Crippen LogP contribution is -2.16. The minimum atomic E-state index is -0.374. The first-order valence-corrected chi connectivity index (χ1v) is 8.45. The van der Waals surface area contributed by atoms with Crippen LogP contribution in [0.5, 0.6) is 0 Å². The highest BCUT2D eigenvalue weighted by Crippen LogP contribution is 2.22. The lowest BCUT2D eigenvalue weighted by molar-refractivity contribution is -0.115. The number of halogens is 1. The zero-order valence-electron chi connectivity index (χ0n) is 14.3. The first-order chi connectivity index (χ1) is 12.0. The molecular formula is C19H21ClN2O3. The topological polar surface area (TPSA) is 67.4 Å². The van der Waals surface area contributed by atoms with Gasteiger partial charge in [0.1, 0.15) is 0 Å². The summed E-state index contributed by atoms with van der Waals surface area (Å²) in [6.45, 7) is 4.51. The molecule has 1 amide bonds. The lowest BCUT2D eigenvalue weighted by atomic mass is 10.2. The fourth-order valence-corrected chi connectivity index (χ4v) is 2.41. The standard InChI is InChI=1S/C19H21ClN2O3/c1-3-25-19(24)14-7-9-15(10-8-14)22-18(23)11-12-21-17-6-4-5-16(20)13(17)2/h4-10,21H,3,11-12H2,1-2H3,(H,22,23). The number of benzene rings is 2. The Balaban J connectivity index is 1.82. The van der Waals surface area contributed by atoms with E-state index in [0.29, 0.717) is 35.8 Å². The van der Waals surface area contributed by atoms with E-state index in [9.17, 15) is 9.59 Å². The minimum Gasteiger partial charge on any atom is -0.462 e. The second kappa shape index (κ2) is 9.08. The maximum atomic E-state index is 12.0. The van der Waals surface area contributed by atoms with Crippen molar-refractivity contribution in [2.24, 2.45) is 0 Å². The Bertz CT molecular complexity index is 745. The maximum absolute atomic E-state index is 12.0. The number of amides is 1. The highest BCUT2D eigenvalue weighted by atomic mass is 35.5. The maximum Gasteiger partial charge on any atom is 0.338 e. The molecule has 0 spiro atoms. The molecule has 0 bridgehead atoms. The molecule has 132 valence electrons. The SMILES string of the molecule is CCOC(=O)c1ccc(NC(=O)CCNc2cccc(Cl)c2C)cc1. The van der Waals surface area contributed by atoms with E-state index in [2.05, 4.69) is 10.6 Å². The molecule has 0 aromatic heterocycles. The number of esters is 1. The van der Waals surface area contributed by atoms with Crippen molar-refractivity contribution in [3.05, 3.63) is 58.6 Å². The van der Waals surface area contributed by atoms with Gasteiger partial charge in [-0.3, -0.25) is 4.79 Å². The van der Waals surface area contributed by atoms with Crippen LogP contribution >= 0.6 is 11.6 Å². The van der Waals surface area contributed by atoms with Crippen LogP contribution < -0.4 is 10.6 Å². The molecule has 6 heteroatoms. The van der Waals surface area contributed by atoms with Gasteiger partial charge >= 0.3 is 5.97 Å². The van der Waals surface area contributed by atoms with E-state index in [0.717, 1.165) is 11.3 Å². The molecule has 2 aromatic carbocycles. The van der Waals surface area contributed by atoms with E-state index in [1.165, 1.54) is 0 Å². The normalized spacial score (nSPS) is 10.2. The molecule has 0 aliphatic carbocycles. The molecule has 25 heavy (non-hydrogen) atoms. The molecule has 0 aliphatic heterocycles. The van der Waals surface area contributed by atoms with Crippen molar-refractivity contribution >= 4 is 34.9 Å². The largest absolute Gasteiger partial charge is 0.462 e. The molecule has 0 radical (unpaired) electrons. The smallest absolute Gasteiger partial charge is 0.338 e. The van der Waals surface area contributed by atoms with Gasteiger partial charge in [0.15, 0.2) is 0 Å². The zero-order valence-corrected chi connectivity index (χ0v) is 15.0. The van der Waals surface area contributed by atoms with Crippen LogP contribution in [0.15, 0.2) is 42.5 Å². The van der Waals surface area contributed by atoms with Crippen LogP contribution in [-0.4, -0.2) is 25.0 Å². The fourth-order valence-electron chi connectivity index (χ4n) is 2.24. The van der Waals surface area contributed by atoms with E-state index in [4.69, 9.17) is 16.3 Å². The van der Waals surface area contributed by atoms with Crippen molar-refractivity contribution in [3.8, 4) is 0 Å². The first-order valence-electron chi connectivity index (χ1n) is 8.07. The third-order valence-electron chi connectivity index (χ3n) is 3.61. The summed E-state index contributed by atoms with van der Waals surface area (Å²) >= 11 is 6.07. The molecule has 2 aromatic rings. The summed E-state index contributed by atoms with van der Waals surface area (Å²) in [7, 11) is 0. The molecule has 0 heterocycles. The Morgan fingerprint density at radius 1 is 1.12 bits per heavy atom. The molecular weight excluding hydrogens is 340 g/mol. The predicted octanol–water partition coefficient (Wildman–Crippen LogP) is 4.27. The molecule has 2 rings (SSSR count). The Morgan fingerprint density at radius 3 is 2.52 bits per heavy atom. The Kier molecular flexibility index (Phi) is 6.83. The Morgan fingerprint density at radius 2 is 1.84 bits per heavy atom. The van der Waals surface area contributed by atoms with E-state index in [1.807, 2.05) is 25.1 Å². The number of ether oxygens (including phenoxy) is 1. The van der Waals surface area contributed by atoms with Crippen LogP contribution in [0, 0.1) is 6.92 Å². The second-order valence-electron chi connectivity index (χ2n) is 5.44. The summed E-state index contributed by atoms with van der Waals surface area (Å²) in [4.78, 5) is 23.6. The summed E-state index contributed by atoms with van der Waals surface area (Å²) in [5.41, 5.74) is 2.97. The average Bonchev–Trinajstić information content (AvgIpc) is 2.59. The number of anilines is 2. The van der Waals surface area contributed by atoms with Crippen molar-refractivity contribution in [1.29, 1.82) is 0 Å². The first kappa shape index (κ1) is 18.8. The highest BCUT2D eigenvalue weighted by Gasteiger charge is 2.08. The minimum absolute atomic E-state index is 0.115. The number of nitrogens with one attached hydrogen (secondary N) is 2. The van der Waals surface area contributed by atoms with E-state index >= 15 is 0 Å². The van der Waals surface area contributed by atoms with Crippen molar-refractivity contribution in [2.75, 3.05) is 23.8 Å². The average molecular weight is 361 g/mol. The molecule has 0 unspecified atom stereocenters. The second-order valence-corrected chi connectivity index (χ2v) is 5.84. The molecule has 0 aliphatic rings. The predicted molar refractivity (Wildman–Crippen MR) is 100 cm³/mol. The summed E-state index contributed by atoms with van der Waals surface area (Å²) in [6, 6.07) is 12.2. The monoisotopic (exact) mass is 360 g/mol. The van der Waals surface area contributed by atoms with Crippen LogP contribution in [-0.2, 0) is 9.53 Å². The number of carbonyl (C=O) groups is 2. The van der Waals surface area contributed by atoms with Crippen LogP contribution in [0.3, 0.4) is 0 Å². The third-order valence-corrected chi connectivity index (χ3v) is 4.02. The molecule has 0 saturated carbocycles. The van der Waals surface area contributed by atoms with E-state index in [-0.39, 0.29) is 11.9 Å². The Hall–Kier alpha value is -2.53. The highest BCUT2D eigenvalue weighted by molar-refractivity contribution is 6.31. The number of hydrogen-bond acceptors (Lipinski definition) is 4. The number of hydrogen-bond donors (Lipinski definition) is 2. The van der Waals surface area contributed by atoms with Crippen molar-refractivity contribution in [2.45, 2.75) is 20.3 Å². The van der Waals surface area contributed by atoms with Gasteiger partial charge in [-0.15, -0.1) is 0 Å². The molecule has 5 nitrogen and oxygen atoms in total. The molecule has 2 N–H and O–H groups in total. The van der Waals surface area contributed by atoms with E-state index in [1.54, 1.807) is 31.2 Å². The Labute approximate surface area is 152 Å². The summed E-state index contributed by atoms with van der Waals surface area (Å²) in [5, 5.41) is 6.69.